The number of carbonyl (C=O) groups excluding carboxylic acids is 1. The molecule has 0 saturated heterocycles. The maximum atomic E-state index is 13.2. The van der Waals surface area contributed by atoms with Crippen LogP contribution in [-0.2, 0) is 0 Å². The van der Waals surface area contributed by atoms with Crippen LogP contribution in [-0.4, -0.2) is 18.6 Å². The first kappa shape index (κ1) is 19.1. The van der Waals surface area contributed by atoms with Gasteiger partial charge in [0.1, 0.15) is 11.5 Å². The van der Waals surface area contributed by atoms with Crippen molar-refractivity contribution in [2.45, 2.75) is 13.8 Å². The Kier molecular flexibility index (Phi) is 5.87. The van der Waals surface area contributed by atoms with Gasteiger partial charge in [0.25, 0.3) is 0 Å². The molecule has 0 heterocycles. The quantitative estimate of drug-likeness (QED) is 0.369. The summed E-state index contributed by atoms with van der Waals surface area (Å²) in [6.07, 6.45) is 0. The first-order chi connectivity index (χ1) is 13.0. The Hall–Kier alpha value is -2.72. The van der Waals surface area contributed by atoms with Crippen LogP contribution in [0.1, 0.15) is 27.0 Å². The van der Waals surface area contributed by atoms with Gasteiger partial charge in [-0.2, -0.15) is 0 Å². The average molecular weight is 422 g/mol. The van der Waals surface area contributed by atoms with Crippen LogP contribution < -0.4 is 4.74 Å². The molecule has 0 saturated carbocycles. The highest BCUT2D eigenvalue weighted by molar-refractivity contribution is 9.10. The van der Waals surface area contributed by atoms with E-state index in [9.17, 15) is 4.79 Å². The molecule has 0 bridgehead atoms. The molecule has 3 aromatic rings. The van der Waals surface area contributed by atoms with Crippen molar-refractivity contribution < 1.29 is 9.53 Å². The molecule has 0 atom stereocenters. The van der Waals surface area contributed by atoms with Crippen LogP contribution in [0, 0.1) is 13.8 Å². The number of hydrogen-bond donors (Lipinski definition) is 0. The summed E-state index contributed by atoms with van der Waals surface area (Å²) in [7, 11) is 1.61. The molecule has 0 aliphatic heterocycles. The van der Waals surface area contributed by atoms with Crippen LogP contribution in [0.2, 0.25) is 0 Å². The van der Waals surface area contributed by atoms with Crippen molar-refractivity contribution in [1.82, 2.24) is 0 Å². The number of benzene rings is 3. The Morgan fingerprint density at radius 1 is 0.852 bits per heavy atom. The minimum atomic E-state index is -0.110. The lowest BCUT2D eigenvalue weighted by molar-refractivity contribution is 0.106. The van der Waals surface area contributed by atoms with E-state index in [1.54, 1.807) is 7.11 Å². The van der Waals surface area contributed by atoms with Gasteiger partial charge in [-0.1, -0.05) is 59.7 Å². The first-order valence-electron chi connectivity index (χ1n) is 8.58. The largest absolute Gasteiger partial charge is 0.497 e. The first-order valence-corrected chi connectivity index (χ1v) is 9.38. The van der Waals surface area contributed by atoms with Gasteiger partial charge in [0.2, 0.25) is 5.78 Å². The smallest absolute Gasteiger partial charge is 0.211 e. The number of carbonyl (C=O) groups is 1. The van der Waals surface area contributed by atoms with Crippen LogP contribution in [0.3, 0.4) is 0 Å². The Balaban J connectivity index is 2.11. The molecule has 0 fully saturated rings. The summed E-state index contributed by atoms with van der Waals surface area (Å²) in [5.41, 5.74) is 4.72. The zero-order chi connectivity index (χ0) is 19.4. The molecule has 0 radical (unpaired) electrons. The third kappa shape index (κ3) is 4.52. The van der Waals surface area contributed by atoms with Gasteiger partial charge < -0.3 is 4.74 Å². The zero-order valence-electron chi connectivity index (χ0n) is 15.5. The molecule has 4 heteroatoms. The molecular weight excluding hydrogens is 402 g/mol. The lowest BCUT2D eigenvalue weighted by Crippen LogP contribution is -2.16. The summed E-state index contributed by atoms with van der Waals surface area (Å²) in [6, 6.07) is 20.9. The summed E-state index contributed by atoms with van der Waals surface area (Å²) in [4.78, 5) is 17.9. The molecule has 27 heavy (non-hydrogen) atoms. The van der Waals surface area contributed by atoms with Crippen LogP contribution >= 0.6 is 15.9 Å². The maximum absolute atomic E-state index is 13.2. The van der Waals surface area contributed by atoms with E-state index in [0.717, 1.165) is 26.9 Å². The van der Waals surface area contributed by atoms with E-state index in [1.807, 2.05) is 80.6 Å². The number of nitrogens with zero attached hydrogens (tertiary/aromatic N) is 1. The van der Waals surface area contributed by atoms with E-state index in [2.05, 4.69) is 15.9 Å². The average Bonchev–Trinajstić information content (AvgIpc) is 2.68. The van der Waals surface area contributed by atoms with Crippen molar-refractivity contribution in [2.24, 2.45) is 4.99 Å². The van der Waals surface area contributed by atoms with Crippen molar-refractivity contribution in [2.75, 3.05) is 7.11 Å². The molecule has 3 nitrogen and oxygen atoms in total. The normalized spacial score (nSPS) is 11.3. The standard InChI is InChI=1S/C23H20BrNO2/c1-15-4-8-17(9-5-15)22(23(26)18-10-6-16(2)7-11-18)25-21-13-12-19(27-3)14-20(21)24/h4-14H,1-3H3. The maximum Gasteiger partial charge on any atom is 0.211 e. The van der Waals surface area contributed by atoms with E-state index in [0.29, 0.717) is 17.0 Å². The highest BCUT2D eigenvalue weighted by atomic mass is 79.9. The van der Waals surface area contributed by atoms with Crippen LogP contribution in [0.4, 0.5) is 5.69 Å². The second kappa shape index (κ2) is 8.31. The van der Waals surface area contributed by atoms with Crippen LogP contribution in [0.15, 0.2) is 76.2 Å². The monoisotopic (exact) mass is 421 g/mol. The van der Waals surface area contributed by atoms with Gasteiger partial charge in [-0.25, -0.2) is 4.99 Å². The van der Waals surface area contributed by atoms with Gasteiger partial charge in [-0.3, -0.25) is 4.79 Å². The number of methoxy groups -OCH3 is 1. The summed E-state index contributed by atoms with van der Waals surface area (Å²) >= 11 is 3.52. The molecule has 0 aliphatic rings. The number of ether oxygens (including phenoxy) is 1. The van der Waals surface area contributed by atoms with Crippen molar-refractivity contribution in [3.8, 4) is 5.75 Å². The minimum absolute atomic E-state index is 0.110. The molecule has 0 aromatic heterocycles. The van der Waals surface area contributed by atoms with Crippen molar-refractivity contribution in [3.05, 3.63) is 93.5 Å². The fourth-order valence-corrected chi connectivity index (χ4v) is 3.07. The van der Waals surface area contributed by atoms with Crippen LogP contribution in [0.5, 0.6) is 5.75 Å². The lowest BCUT2D eigenvalue weighted by Gasteiger charge is -2.09. The number of aryl methyl sites for hydroxylation is 2. The fourth-order valence-electron chi connectivity index (χ4n) is 2.63. The van der Waals surface area contributed by atoms with Crippen molar-refractivity contribution >= 4 is 33.1 Å². The molecule has 0 spiro atoms. The number of ketones is 1. The van der Waals surface area contributed by atoms with E-state index in [-0.39, 0.29) is 5.78 Å². The van der Waals surface area contributed by atoms with Gasteiger partial charge in [0.05, 0.1) is 12.8 Å². The van der Waals surface area contributed by atoms with E-state index >= 15 is 0 Å². The molecule has 0 amide bonds. The number of aliphatic imine (C=N–C) groups is 1. The molecule has 3 rings (SSSR count). The Morgan fingerprint density at radius 2 is 1.41 bits per heavy atom. The predicted molar refractivity (Wildman–Crippen MR) is 114 cm³/mol. The zero-order valence-corrected chi connectivity index (χ0v) is 17.1. The molecular formula is C23H20BrNO2. The number of Topliss-reactive ketones (excluding diaryl/α,β-unsaturated/α-hetero) is 1. The molecule has 136 valence electrons. The van der Waals surface area contributed by atoms with Crippen molar-refractivity contribution in [3.63, 3.8) is 0 Å². The topological polar surface area (TPSA) is 38.7 Å². The Morgan fingerprint density at radius 3 is 1.93 bits per heavy atom. The highest BCUT2D eigenvalue weighted by Gasteiger charge is 2.17. The third-order valence-electron chi connectivity index (χ3n) is 4.24. The Bertz CT molecular complexity index is 990. The van der Waals surface area contributed by atoms with Crippen molar-refractivity contribution in [1.29, 1.82) is 0 Å². The molecule has 3 aromatic carbocycles. The summed E-state index contributed by atoms with van der Waals surface area (Å²) in [5.74, 6) is 0.615. The van der Waals surface area contributed by atoms with Gasteiger partial charge in [-0.05, 0) is 48.0 Å². The minimum Gasteiger partial charge on any atom is -0.497 e. The highest BCUT2D eigenvalue weighted by Crippen LogP contribution is 2.30. The predicted octanol–water partition coefficient (Wildman–Crippen LogP) is 6.08. The molecule has 0 aliphatic carbocycles. The summed E-state index contributed by atoms with van der Waals surface area (Å²) < 4.78 is 6.00. The summed E-state index contributed by atoms with van der Waals surface area (Å²) in [5, 5.41) is 0. The lowest BCUT2D eigenvalue weighted by atomic mass is 9.99. The van der Waals surface area contributed by atoms with Gasteiger partial charge in [0.15, 0.2) is 0 Å². The van der Waals surface area contributed by atoms with Gasteiger partial charge >= 0.3 is 0 Å². The van der Waals surface area contributed by atoms with E-state index in [1.165, 1.54) is 0 Å². The Labute approximate surface area is 167 Å². The second-order valence-corrected chi connectivity index (χ2v) is 7.19. The number of rotatable bonds is 5. The number of halogens is 1. The van der Waals surface area contributed by atoms with E-state index in [4.69, 9.17) is 9.73 Å². The molecule has 0 N–H and O–H groups in total. The fraction of sp³-hybridized carbons (Fsp3) is 0.130. The number of hydrogen-bond acceptors (Lipinski definition) is 3. The SMILES string of the molecule is COc1ccc(N=C(C(=O)c2ccc(C)cc2)c2ccc(C)cc2)c(Br)c1. The second-order valence-electron chi connectivity index (χ2n) is 6.34. The third-order valence-corrected chi connectivity index (χ3v) is 4.88. The molecule has 0 unspecified atom stereocenters. The van der Waals surface area contributed by atoms with Gasteiger partial charge in [-0.15, -0.1) is 0 Å². The summed E-state index contributed by atoms with van der Waals surface area (Å²) in [6.45, 7) is 4.01. The van der Waals surface area contributed by atoms with E-state index < -0.39 is 0 Å². The van der Waals surface area contributed by atoms with Crippen LogP contribution in [0.25, 0.3) is 0 Å². The van der Waals surface area contributed by atoms with Gasteiger partial charge in [0, 0.05) is 15.6 Å².